The number of nitrogens with two attached hydrogens (primary N) is 1. The Labute approximate surface area is 91.8 Å². The van der Waals surface area contributed by atoms with Gasteiger partial charge < -0.3 is 10.5 Å². The van der Waals surface area contributed by atoms with E-state index in [-0.39, 0.29) is 5.97 Å². The normalized spacial score (nSPS) is 21.9. The highest BCUT2D eigenvalue weighted by molar-refractivity contribution is 5.71. The van der Waals surface area contributed by atoms with Crippen molar-refractivity contribution in [2.45, 2.75) is 26.2 Å². The van der Waals surface area contributed by atoms with E-state index in [0.29, 0.717) is 19.1 Å². The van der Waals surface area contributed by atoms with Crippen LogP contribution in [0.2, 0.25) is 0 Å². The Kier molecular flexibility index (Phi) is 5.65. The van der Waals surface area contributed by atoms with Gasteiger partial charge in [0, 0.05) is 6.54 Å². The number of likely N-dealkylation sites (tertiary alicyclic amines) is 1. The molecule has 0 aromatic carbocycles. The zero-order chi connectivity index (χ0) is 11.1. The molecule has 0 radical (unpaired) electrons. The Morgan fingerprint density at radius 3 is 3.00 bits per heavy atom. The number of rotatable bonds is 6. The van der Waals surface area contributed by atoms with Crippen molar-refractivity contribution in [3.8, 4) is 0 Å². The zero-order valence-electron chi connectivity index (χ0n) is 9.58. The van der Waals surface area contributed by atoms with E-state index in [1.807, 2.05) is 0 Å². The number of carbonyl (C=O) groups is 1. The SMILES string of the molecule is CCCCOC(=O)CN1CCC(CN)C1. The third-order valence-electron chi connectivity index (χ3n) is 2.82. The van der Waals surface area contributed by atoms with E-state index >= 15 is 0 Å². The Bertz CT molecular complexity index is 197. The summed E-state index contributed by atoms with van der Waals surface area (Å²) in [6.07, 6.45) is 3.13. The summed E-state index contributed by atoms with van der Waals surface area (Å²) < 4.78 is 5.10. The molecule has 0 aromatic rings. The zero-order valence-corrected chi connectivity index (χ0v) is 9.58. The number of unbranched alkanes of at least 4 members (excludes halogenated alkanes) is 1. The van der Waals surface area contributed by atoms with Crippen LogP contribution in [0.4, 0.5) is 0 Å². The van der Waals surface area contributed by atoms with Crippen LogP contribution < -0.4 is 5.73 Å². The molecule has 15 heavy (non-hydrogen) atoms. The van der Waals surface area contributed by atoms with Gasteiger partial charge in [-0.2, -0.15) is 0 Å². The monoisotopic (exact) mass is 214 g/mol. The molecule has 1 aliphatic heterocycles. The van der Waals surface area contributed by atoms with Crippen molar-refractivity contribution in [2.24, 2.45) is 11.7 Å². The van der Waals surface area contributed by atoms with Crippen LogP contribution in [0.25, 0.3) is 0 Å². The smallest absolute Gasteiger partial charge is 0.320 e. The Hall–Kier alpha value is -0.610. The minimum absolute atomic E-state index is 0.0962. The van der Waals surface area contributed by atoms with E-state index in [1.54, 1.807) is 0 Å². The maximum Gasteiger partial charge on any atom is 0.320 e. The highest BCUT2D eigenvalue weighted by Crippen LogP contribution is 2.14. The molecule has 0 bridgehead atoms. The van der Waals surface area contributed by atoms with Crippen molar-refractivity contribution >= 4 is 5.97 Å². The minimum Gasteiger partial charge on any atom is -0.465 e. The largest absolute Gasteiger partial charge is 0.465 e. The molecular weight excluding hydrogens is 192 g/mol. The van der Waals surface area contributed by atoms with Gasteiger partial charge in [0.2, 0.25) is 0 Å². The number of ether oxygens (including phenoxy) is 1. The third-order valence-corrected chi connectivity index (χ3v) is 2.82. The second-order valence-electron chi connectivity index (χ2n) is 4.20. The second-order valence-corrected chi connectivity index (χ2v) is 4.20. The van der Waals surface area contributed by atoms with Crippen LogP contribution in [0.5, 0.6) is 0 Å². The second kappa shape index (κ2) is 6.80. The predicted molar refractivity (Wildman–Crippen MR) is 59.5 cm³/mol. The Morgan fingerprint density at radius 1 is 1.60 bits per heavy atom. The van der Waals surface area contributed by atoms with Crippen LogP contribution in [0.3, 0.4) is 0 Å². The van der Waals surface area contributed by atoms with E-state index in [4.69, 9.17) is 10.5 Å². The average molecular weight is 214 g/mol. The van der Waals surface area contributed by atoms with Crippen molar-refractivity contribution in [1.29, 1.82) is 0 Å². The van der Waals surface area contributed by atoms with Gasteiger partial charge in [0.15, 0.2) is 0 Å². The number of esters is 1. The number of hydrogen-bond acceptors (Lipinski definition) is 4. The molecular formula is C11H22N2O2. The van der Waals surface area contributed by atoms with Gasteiger partial charge in [-0.15, -0.1) is 0 Å². The standard InChI is InChI=1S/C11H22N2O2/c1-2-3-6-15-11(14)9-13-5-4-10(7-12)8-13/h10H,2-9,12H2,1H3. The molecule has 4 heteroatoms. The molecule has 1 fully saturated rings. The summed E-state index contributed by atoms with van der Waals surface area (Å²) in [6, 6.07) is 0. The molecule has 0 saturated carbocycles. The predicted octanol–water partition coefficient (Wildman–Crippen LogP) is 0.610. The van der Waals surface area contributed by atoms with Gasteiger partial charge in [-0.05, 0) is 31.8 Å². The fourth-order valence-electron chi connectivity index (χ4n) is 1.81. The van der Waals surface area contributed by atoms with Crippen LogP contribution in [-0.2, 0) is 9.53 Å². The summed E-state index contributed by atoms with van der Waals surface area (Å²) in [5.74, 6) is 0.467. The Balaban J connectivity index is 2.10. The summed E-state index contributed by atoms with van der Waals surface area (Å²) in [5, 5.41) is 0. The lowest BCUT2D eigenvalue weighted by atomic mass is 10.1. The summed E-state index contributed by atoms with van der Waals surface area (Å²) in [7, 11) is 0. The molecule has 4 nitrogen and oxygen atoms in total. The van der Waals surface area contributed by atoms with Crippen LogP contribution in [0.1, 0.15) is 26.2 Å². The first-order valence-electron chi connectivity index (χ1n) is 5.84. The molecule has 1 atom stereocenters. The summed E-state index contributed by atoms with van der Waals surface area (Å²) in [6.45, 7) is 5.72. The van der Waals surface area contributed by atoms with Crippen molar-refractivity contribution < 1.29 is 9.53 Å². The lowest BCUT2D eigenvalue weighted by molar-refractivity contribution is -0.144. The number of carbonyl (C=O) groups excluding carboxylic acids is 1. The lowest BCUT2D eigenvalue weighted by Crippen LogP contribution is -2.30. The maximum absolute atomic E-state index is 11.4. The van der Waals surface area contributed by atoms with Crippen LogP contribution in [-0.4, -0.2) is 43.7 Å². The van der Waals surface area contributed by atoms with Gasteiger partial charge in [-0.3, -0.25) is 9.69 Å². The molecule has 0 spiro atoms. The quantitative estimate of drug-likeness (QED) is 0.520. The Morgan fingerprint density at radius 2 is 2.40 bits per heavy atom. The molecule has 88 valence electrons. The molecule has 0 amide bonds. The molecule has 1 saturated heterocycles. The molecule has 0 aliphatic carbocycles. The van der Waals surface area contributed by atoms with E-state index in [1.165, 1.54) is 0 Å². The first kappa shape index (κ1) is 12.5. The van der Waals surface area contributed by atoms with Crippen molar-refractivity contribution in [3.63, 3.8) is 0 Å². The van der Waals surface area contributed by atoms with E-state index in [0.717, 1.165) is 38.9 Å². The average Bonchev–Trinajstić information content (AvgIpc) is 2.66. The first-order chi connectivity index (χ1) is 7.26. The van der Waals surface area contributed by atoms with Crippen LogP contribution in [0.15, 0.2) is 0 Å². The summed E-state index contributed by atoms with van der Waals surface area (Å²) >= 11 is 0. The van der Waals surface area contributed by atoms with Crippen LogP contribution >= 0.6 is 0 Å². The molecule has 1 heterocycles. The van der Waals surface area contributed by atoms with Gasteiger partial charge >= 0.3 is 5.97 Å². The summed E-state index contributed by atoms with van der Waals surface area (Å²) in [5.41, 5.74) is 5.58. The topological polar surface area (TPSA) is 55.6 Å². The third kappa shape index (κ3) is 4.62. The van der Waals surface area contributed by atoms with Crippen molar-refractivity contribution in [1.82, 2.24) is 4.90 Å². The fraction of sp³-hybridized carbons (Fsp3) is 0.909. The number of nitrogens with zero attached hydrogens (tertiary/aromatic N) is 1. The van der Waals surface area contributed by atoms with Crippen molar-refractivity contribution in [2.75, 3.05) is 32.8 Å². The minimum atomic E-state index is -0.0962. The lowest BCUT2D eigenvalue weighted by Gasteiger charge is -2.14. The van der Waals surface area contributed by atoms with Gasteiger partial charge in [0.05, 0.1) is 13.2 Å². The van der Waals surface area contributed by atoms with E-state index < -0.39 is 0 Å². The van der Waals surface area contributed by atoms with Gasteiger partial charge in [-0.1, -0.05) is 13.3 Å². The number of hydrogen-bond donors (Lipinski definition) is 1. The van der Waals surface area contributed by atoms with E-state index in [2.05, 4.69) is 11.8 Å². The first-order valence-corrected chi connectivity index (χ1v) is 5.84. The van der Waals surface area contributed by atoms with Gasteiger partial charge in [-0.25, -0.2) is 0 Å². The summed E-state index contributed by atoms with van der Waals surface area (Å²) in [4.78, 5) is 13.5. The van der Waals surface area contributed by atoms with Gasteiger partial charge in [0.25, 0.3) is 0 Å². The van der Waals surface area contributed by atoms with Crippen molar-refractivity contribution in [3.05, 3.63) is 0 Å². The molecule has 1 aliphatic rings. The molecule has 1 unspecified atom stereocenters. The van der Waals surface area contributed by atoms with Crippen LogP contribution in [0, 0.1) is 5.92 Å². The molecule has 2 N–H and O–H groups in total. The highest BCUT2D eigenvalue weighted by atomic mass is 16.5. The van der Waals surface area contributed by atoms with E-state index in [9.17, 15) is 4.79 Å². The maximum atomic E-state index is 11.4. The van der Waals surface area contributed by atoms with Gasteiger partial charge in [0.1, 0.15) is 0 Å². The highest BCUT2D eigenvalue weighted by Gasteiger charge is 2.23. The fourth-order valence-corrected chi connectivity index (χ4v) is 1.81. The molecule has 1 rings (SSSR count). The molecule has 0 aromatic heterocycles.